The van der Waals surface area contributed by atoms with Gasteiger partial charge in [0.05, 0.1) is 5.69 Å². The second-order valence-electron chi connectivity index (χ2n) is 6.73. The lowest BCUT2D eigenvalue weighted by atomic mass is 10.2. The van der Waals surface area contributed by atoms with E-state index >= 15 is 0 Å². The fraction of sp³-hybridized carbons (Fsp3) is 0.368. The lowest BCUT2D eigenvalue weighted by molar-refractivity contribution is 0.0755. The van der Waals surface area contributed by atoms with Crippen molar-refractivity contribution in [2.45, 2.75) is 18.9 Å². The van der Waals surface area contributed by atoms with Crippen molar-refractivity contribution in [3.05, 3.63) is 47.6 Å². The molecule has 1 fully saturated rings. The molecule has 0 N–H and O–H groups in total. The summed E-state index contributed by atoms with van der Waals surface area (Å²) < 4.78 is 1.92. The molecule has 25 heavy (non-hydrogen) atoms. The fourth-order valence-corrected chi connectivity index (χ4v) is 4.34. The number of imidazole rings is 1. The van der Waals surface area contributed by atoms with Crippen molar-refractivity contribution in [1.82, 2.24) is 19.2 Å². The molecule has 4 rings (SSSR count). The molecule has 1 atom stereocenters. The maximum atomic E-state index is 12.9. The van der Waals surface area contributed by atoms with E-state index in [2.05, 4.69) is 16.9 Å². The van der Waals surface area contributed by atoms with Crippen LogP contribution in [0.1, 0.15) is 23.3 Å². The van der Waals surface area contributed by atoms with Gasteiger partial charge in [0.1, 0.15) is 5.69 Å². The largest absolute Gasteiger partial charge is 0.339 e. The molecular weight excluding hydrogens is 332 g/mol. The number of nitrogens with zero attached hydrogens (tertiary/aromatic N) is 4. The number of benzene rings is 1. The van der Waals surface area contributed by atoms with Gasteiger partial charge in [-0.1, -0.05) is 30.3 Å². The molecule has 3 aromatic rings. The molecule has 0 bridgehead atoms. The van der Waals surface area contributed by atoms with E-state index in [-0.39, 0.29) is 5.91 Å². The minimum Gasteiger partial charge on any atom is -0.339 e. The van der Waals surface area contributed by atoms with Gasteiger partial charge in [-0.25, -0.2) is 4.98 Å². The molecule has 0 unspecified atom stereocenters. The molecule has 1 saturated heterocycles. The molecule has 1 aromatic carbocycles. The van der Waals surface area contributed by atoms with Gasteiger partial charge in [-0.05, 0) is 26.4 Å². The monoisotopic (exact) mass is 354 g/mol. The standard InChI is InChI=1S/C19H22N4OS/c1-21-10-6-9-15(21)11-22(2)18(24)17-13-25-19-20-16(12-23(17)19)14-7-4-3-5-8-14/h3-5,7-8,12-13,15H,6,9-11H2,1-2H3/t15-/m0/s1. The first-order valence-electron chi connectivity index (χ1n) is 8.61. The Morgan fingerprint density at radius 3 is 2.88 bits per heavy atom. The highest BCUT2D eigenvalue weighted by Crippen LogP contribution is 2.24. The Balaban J connectivity index is 1.58. The van der Waals surface area contributed by atoms with Crippen molar-refractivity contribution in [3.8, 4) is 11.3 Å². The first-order chi connectivity index (χ1) is 12.1. The highest BCUT2D eigenvalue weighted by Gasteiger charge is 2.25. The number of carbonyl (C=O) groups is 1. The maximum Gasteiger partial charge on any atom is 0.271 e. The third-order valence-corrected chi connectivity index (χ3v) is 5.84. The zero-order chi connectivity index (χ0) is 17.4. The summed E-state index contributed by atoms with van der Waals surface area (Å²) in [6.45, 7) is 1.89. The van der Waals surface area contributed by atoms with Gasteiger partial charge in [0.15, 0.2) is 4.96 Å². The Kier molecular flexibility index (Phi) is 4.31. The van der Waals surface area contributed by atoms with E-state index < -0.39 is 0 Å². The molecule has 1 aliphatic heterocycles. The number of likely N-dealkylation sites (N-methyl/N-ethyl adjacent to an activating group) is 2. The summed E-state index contributed by atoms with van der Waals surface area (Å²) in [4.78, 5) is 22.6. The summed E-state index contributed by atoms with van der Waals surface area (Å²) in [6, 6.07) is 10.5. The van der Waals surface area contributed by atoms with Gasteiger partial charge < -0.3 is 9.80 Å². The third-order valence-electron chi connectivity index (χ3n) is 5.00. The van der Waals surface area contributed by atoms with Crippen molar-refractivity contribution in [2.24, 2.45) is 0 Å². The van der Waals surface area contributed by atoms with Crippen LogP contribution in [0.25, 0.3) is 16.2 Å². The molecule has 1 aliphatic rings. The Morgan fingerprint density at radius 2 is 2.16 bits per heavy atom. The smallest absolute Gasteiger partial charge is 0.271 e. The molecule has 1 amide bonds. The number of carbonyl (C=O) groups excluding carboxylic acids is 1. The van der Waals surface area contributed by atoms with Crippen molar-refractivity contribution in [2.75, 3.05) is 27.2 Å². The van der Waals surface area contributed by atoms with Gasteiger partial charge in [-0.3, -0.25) is 9.20 Å². The predicted octanol–water partition coefficient (Wildman–Crippen LogP) is 3.23. The van der Waals surface area contributed by atoms with E-state index in [1.807, 2.05) is 58.3 Å². The van der Waals surface area contributed by atoms with Gasteiger partial charge >= 0.3 is 0 Å². The summed E-state index contributed by atoms with van der Waals surface area (Å²) >= 11 is 1.51. The Hall–Kier alpha value is -2.18. The number of hydrogen-bond acceptors (Lipinski definition) is 4. The zero-order valence-electron chi connectivity index (χ0n) is 14.6. The molecule has 130 valence electrons. The number of rotatable bonds is 4. The number of amides is 1. The number of thiazole rings is 1. The maximum absolute atomic E-state index is 12.9. The Morgan fingerprint density at radius 1 is 1.36 bits per heavy atom. The molecule has 0 radical (unpaired) electrons. The van der Waals surface area contributed by atoms with E-state index in [9.17, 15) is 4.79 Å². The van der Waals surface area contributed by atoms with E-state index in [1.165, 1.54) is 17.8 Å². The average molecular weight is 354 g/mol. The van der Waals surface area contributed by atoms with Gasteiger partial charge in [0.25, 0.3) is 5.91 Å². The minimum absolute atomic E-state index is 0.0589. The molecule has 2 aromatic heterocycles. The highest BCUT2D eigenvalue weighted by atomic mass is 32.1. The molecule has 0 aliphatic carbocycles. The topological polar surface area (TPSA) is 40.8 Å². The molecule has 6 heteroatoms. The van der Waals surface area contributed by atoms with Gasteiger partial charge in [0, 0.05) is 36.8 Å². The summed E-state index contributed by atoms with van der Waals surface area (Å²) in [5.41, 5.74) is 2.66. The van der Waals surface area contributed by atoms with Gasteiger partial charge in [-0.15, -0.1) is 11.3 Å². The second-order valence-corrected chi connectivity index (χ2v) is 7.56. The van der Waals surface area contributed by atoms with Crippen LogP contribution < -0.4 is 0 Å². The van der Waals surface area contributed by atoms with E-state index in [4.69, 9.17) is 0 Å². The van der Waals surface area contributed by atoms with Crippen molar-refractivity contribution < 1.29 is 4.79 Å². The van der Waals surface area contributed by atoms with Crippen molar-refractivity contribution in [3.63, 3.8) is 0 Å². The quantitative estimate of drug-likeness (QED) is 0.722. The van der Waals surface area contributed by atoms with Crippen LogP contribution in [-0.2, 0) is 0 Å². The minimum atomic E-state index is 0.0589. The summed E-state index contributed by atoms with van der Waals surface area (Å²) in [5.74, 6) is 0.0589. The van der Waals surface area contributed by atoms with E-state index in [0.29, 0.717) is 11.7 Å². The van der Waals surface area contributed by atoms with Crippen LogP contribution >= 0.6 is 11.3 Å². The second kappa shape index (κ2) is 6.61. The first-order valence-corrected chi connectivity index (χ1v) is 9.49. The average Bonchev–Trinajstić information content (AvgIpc) is 3.31. The van der Waals surface area contributed by atoms with Crippen LogP contribution in [0.2, 0.25) is 0 Å². The predicted molar refractivity (Wildman–Crippen MR) is 101 cm³/mol. The molecule has 0 saturated carbocycles. The molecular formula is C19H22N4OS. The highest BCUT2D eigenvalue weighted by molar-refractivity contribution is 7.15. The molecule has 3 heterocycles. The number of fused-ring (bicyclic) bond motifs is 1. The van der Waals surface area contributed by atoms with Crippen LogP contribution in [0.3, 0.4) is 0 Å². The summed E-state index contributed by atoms with van der Waals surface area (Å²) in [6.07, 6.45) is 4.34. The Bertz CT molecular complexity index is 885. The summed E-state index contributed by atoms with van der Waals surface area (Å²) in [5, 5.41) is 1.91. The number of likely N-dealkylation sites (tertiary alicyclic amines) is 1. The molecule has 0 spiro atoms. The van der Waals surface area contributed by atoms with Crippen LogP contribution in [0.5, 0.6) is 0 Å². The lowest BCUT2D eigenvalue weighted by Gasteiger charge is -2.25. The van der Waals surface area contributed by atoms with Crippen molar-refractivity contribution >= 4 is 22.2 Å². The SMILES string of the molecule is CN(C[C@@H]1CCCN1C)C(=O)c1csc2nc(-c3ccccc3)cn12. The summed E-state index contributed by atoms with van der Waals surface area (Å²) in [7, 11) is 4.04. The fourth-order valence-electron chi connectivity index (χ4n) is 3.49. The van der Waals surface area contributed by atoms with Crippen LogP contribution in [0.4, 0.5) is 0 Å². The lowest BCUT2D eigenvalue weighted by Crippen LogP contribution is -2.39. The van der Waals surface area contributed by atoms with Gasteiger partial charge in [-0.2, -0.15) is 0 Å². The third kappa shape index (κ3) is 3.07. The van der Waals surface area contributed by atoms with Crippen molar-refractivity contribution in [1.29, 1.82) is 0 Å². The van der Waals surface area contributed by atoms with Crippen LogP contribution in [0.15, 0.2) is 41.9 Å². The van der Waals surface area contributed by atoms with Crippen LogP contribution in [-0.4, -0.2) is 58.3 Å². The Labute approximate surface area is 151 Å². The zero-order valence-corrected chi connectivity index (χ0v) is 15.4. The van der Waals surface area contributed by atoms with E-state index in [1.54, 1.807) is 0 Å². The number of aromatic nitrogens is 2. The normalized spacial score (nSPS) is 18.1. The van der Waals surface area contributed by atoms with E-state index in [0.717, 1.165) is 35.7 Å². The van der Waals surface area contributed by atoms with Crippen LogP contribution in [0, 0.1) is 0 Å². The first kappa shape index (κ1) is 16.3. The van der Waals surface area contributed by atoms with Gasteiger partial charge in [0.2, 0.25) is 0 Å². The number of hydrogen-bond donors (Lipinski definition) is 0. The molecule has 5 nitrogen and oxygen atoms in total.